The van der Waals surface area contributed by atoms with Crippen molar-refractivity contribution in [1.29, 1.82) is 0 Å². The average Bonchev–Trinajstić information content (AvgIpc) is 2.46. The van der Waals surface area contributed by atoms with Crippen LogP contribution in [-0.2, 0) is 6.54 Å². The van der Waals surface area contributed by atoms with E-state index in [1.54, 1.807) is 12.3 Å². The second-order valence-electron chi connectivity index (χ2n) is 4.23. The van der Waals surface area contributed by atoms with Gasteiger partial charge in [0.15, 0.2) is 5.82 Å². The molecule has 102 valence electrons. The van der Waals surface area contributed by atoms with Crippen LogP contribution in [0.1, 0.15) is 5.56 Å². The van der Waals surface area contributed by atoms with E-state index >= 15 is 0 Å². The minimum Gasteiger partial charge on any atom is -0.497 e. The molecule has 6 nitrogen and oxygen atoms in total. The van der Waals surface area contributed by atoms with Crippen LogP contribution in [0.25, 0.3) is 0 Å². The first-order chi connectivity index (χ1) is 9.69. The number of methoxy groups -OCH3 is 1. The number of ether oxygens (including phenoxy) is 1. The number of halogens is 1. The smallest absolute Gasteiger partial charge is 0.327 e. The number of aromatic nitrogens is 2. The van der Waals surface area contributed by atoms with Gasteiger partial charge in [0.05, 0.1) is 19.3 Å². The van der Waals surface area contributed by atoms with Gasteiger partial charge in [-0.3, -0.25) is 10.2 Å². The molecule has 1 aromatic heterocycles. The van der Waals surface area contributed by atoms with Crippen molar-refractivity contribution >= 4 is 17.5 Å². The van der Waals surface area contributed by atoms with Gasteiger partial charge >= 0.3 is 6.03 Å². The zero-order chi connectivity index (χ0) is 14.1. The molecular formula is C13H11FN4O2. The summed E-state index contributed by atoms with van der Waals surface area (Å²) >= 11 is 0. The van der Waals surface area contributed by atoms with Gasteiger partial charge in [-0.15, -0.1) is 0 Å². The summed E-state index contributed by atoms with van der Waals surface area (Å²) in [7, 11) is 1.45. The van der Waals surface area contributed by atoms with Crippen molar-refractivity contribution in [1.82, 2.24) is 9.97 Å². The first kappa shape index (κ1) is 12.3. The zero-order valence-corrected chi connectivity index (χ0v) is 10.6. The Morgan fingerprint density at radius 3 is 3.05 bits per heavy atom. The first-order valence-electron chi connectivity index (χ1n) is 5.90. The van der Waals surface area contributed by atoms with Gasteiger partial charge in [0.25, 0.3) is 0 Å². The van der Waals surface area contributed by atoms with Gasteiger partial charge < -0.3 is 4.74 Å². The summed E-state index contributed by atoms with van der Waals surface area (Å²) < 4.78 is 19.0. The van der Waals surface area contributed by atoms with E-state index in [4.69, 9.17) is 4.74 Å². The summed E-state index contributed by atoms with van der Waals surface area (Å²) in [6.07, 6.45) is 2.94. The zero-order valence-electron chi connectivity index (χ0n) is 10.6. The van der Waals surface area contributed by atoms with Gasteiger partial charge in [-0.25, -0.2) is 19.2 Å². The van der Waals surface area contributed by atoms with E-state index in [0.717, 1.165) is 5.56 Å². The predicted molar refractivity (Wildman–Crippen MR) is 70.2 cm³/mol. The van der Waals surface area contributed by atoms with Crippen LogP contribution in [0.3, 0.4) is 0 Å². The number of anilines is 2. The largest absolute Gasteiger partial charge is 0.497 e. The summed E-state index contributed by atoms with van der Waals surface area (Å²) in [5.41, 5.74) is 0.903. The van der Waals surface area contributed by atoms with Crippen LogP contribution in [0.5, 0.6) is 5.75 Å². The Bertz CT molecular complexity index is 677. The van der Waals surface area contributed by atoms with E-state index in [0.29, 0.717) is 11.6 Å². The van der Waals surface area contributed by atoms with E-state index in [2.05, 4.69) is 15.3 Å². The number of carbonyl (C=O) groups excluding carboxylic acids is 1. The topological polar surface area (TPSA) is 67.3 Å². The fourth-order valence-corrected chi connectivity index (χ4v) is 2.03. The molecule has 1 N–H and O–H groups in total. The van der Waals surface area contributed by atoms with Crippen LogP contribution in [0.2, 0.25) is 0 Å². The molecule has 20 heavy (non-hydrogen) atoms. The summed E-state index contributed by atoms with van der Waals surface area (Å²) in [5.74, 6) is 0.322. The number of benzene rings is 1. The molecule has 2 heterocycles. The first-order valence-corrected chi connectivity index (χ1v) is 5.90. The number of rotatable bonds is 2. The lowest BCUT2D eigenvalue weighted by Crippen LogP contribution is -2.39. The van der Waals surface area contributed by atoms with Crippen LogP contribution in [-0.4, -0.2) is 23.1 Å². The van der Waals surface area contributed by atoms with Crippen molar-refractivity contribution in [2.45, 2.75) is 6.54 Å². The number of amides is 2. The predicted octanol–water partition coefficient (Wildman–Crippen LogP) is 2.18. The standard InChI is InChI=1S/C13H11FN4O2/c1-20-9-2-3-11(10(14)4-9)18-6-8-5-15-7-16-12(8)17-13(18)19/h2-5,7H,6H2,1H3,(H,15,16,17,19). The van der Waals surface area contributed by atoms with Gasteiger partial charge in [-0.1, -0.05) is 0 Å². The van der Waals surface area contributed by atoms with Crippen molar-refractivity contribution in [3.05, 3.63) is 42.1 Å². The highest BCUT2D eigenvalue weighted by Gasteiger charge is 2.26. The number of hydrogen-bond donors (Lipinski definition) is 1. The number of urea groups is 1. The van der Waals surface area contributed by atoms with Gasteiger partial charge in [0, 0.05) is 17.8 Å². The molecule has 3 rings (SSSR count). The molecule has 0 saturated heterocycles. The Labute approximate surface area is 114 Å². The fraction of sp³-hybridized carbons (Fsp3) is 0.154. The van der Waals surface area contributed by atoms with Crippen LogP contribution in [0, 0.1) is 5.82 Å². The third kappa shape index (κ3) is 2.03. The Kier molecular flexibility index (Phi) is 2.94. The highest BCUT2D eigenvalue weighted by molar-refractivity contribution is 6.03. The Hall–Kier alpha value is -2.70. The fourth-order valence-electron chi connectivity index (χ4n) is 2.03. The second-order valence-corrected chi connectivity index (χ2v) is 4.23. The van der Waals surface area contributed by atoms with E-state index < -0.39 is 11.8 Å². The highest BCUT2D eigenvalue weighted by atomic mass is 19.1. The number of hydrogen-bond acceptors (Lipinski definition) is 4. The lowest BCUT2D eigenvalue weighted by Gasteiger charge is -2.28. The molecule has 0 unspecified atom stereocenters. The average molecular weight is 274 g/mol. The van der Waals surface area contributed by atoms with Gasteiger partial charge in [0.1, 0.15) is 17.9 Å². The quantitative estimate of drug-likeness (QED) is 0.911. The molecule has 0 radical (unpaired) electrons. The Morgan fingerprint density at radius 2 is 2.30 bits per heavy atom. The normalized spacial score (nSPS) is 13.7. The number of carbonyl (C=O) groups is 1. The maximum absolute atomic E-state index is 14.0. The molecule has 1 aliphatic heterocycles. The summed E-state index contributed by atoms with van der Waals surface area (Å²) in [6.45, 7) is 0.214. The van der Waals surface area contributed by atoms with Gasteiger partial charge in [0.2, 0.25) is 0 Å². The van der Waals surface area contributed by atoms with Crippen LogP contribution in [0.4, 0.5) is 20.7 Å². The maximum Gasteiger partial charge on any atom is 0.327 e. The van der Waals surface area contributed by atoms with E-state index in [9.17, 15) is 9.18 Å². The summed E-state index contributed by atoms with van der Waals surface area (Å²) in [5, 5.41) is 2.60. The van der Waals surface area contributed by atoms with Crippen molar-refractivity contribution in [2.75, 3.05) is 17.3 Å². The number of nitrogens with one attached hydrogen (secondary N) is 1. The van der Waals surface area contributed by atoms with Gasteiger partial charge in [-0.2, -0.15) is 0 Å². The lowest BCUT2D eigenvalue weighted by molar-refractivity contribution is 0.255. The monoisotopic (exact) mass is 274 g/mol. The van der Waals surface area contributed by atoms with Crippen molar-refractivity contribution in [3.8, 4) is 5.75 Å². The molecule has 7 heteroatoms. The molecule has 2 aromatic rings. The summed E-state index contributed by atoms with van der Waals surface area (Å²) in [4.78, 5) is 21.2. The molecular weight excluding hydrogens is 263 g/mol. The summed E-state index contributed by atoms with van der Waals surface area (Å²) in [6, 6.07) is 3.91. The van der Waals surface area contributed by atoms with E-state index in [-0.39, 0.29) is 12.2 Å². The second kappa shape index (κ2) is 4.76. The minimum atomic E-state index is -0.528. The molecule has 0 atom stereocenters. The molecule has 0 saturated carbocycles. The molecule has 0 fully saturated rings. The van der Waals surface area contributed by atoms with Crippen molar-refractivity contribution in [3.63, 3.8) is 0 Å². The SMILES string of the molecule is COc1ccc(N2Cc3cncnc3NC2=O)c(F)c1. The third-order valence-electron chi connectivity index (χ3n) is 3.03. The Morgan fingerprint density at radius 1 is 1.45 bits per heavy atom. The van der Waals surface area contributed by atoms with Gasteiger partial charge in [-0.05, 0) is 12.1 Å². The molecule has 1 aliphatic rings. The molecule has 2 amide bonds. The highest BCUT2D eigenvalue weighted by Crippen LogP contribution is 2.29. The number of fused-ring (bicyclic) bond motifs is 1. The molecule has 1 aromatic carbocycles. The molecule has 0 spiro atoms. The maximum atomic E-state index is 14.0. The van der Waals surface area contributed by atoms with E-state index in [1.165, 1.54) is 30.5 Å². The van der Waals surface area contributed by atoms with Crippen molar-refractivity contribution < 1.29 is 13.9 Å². The number of nitrogens with zero attached hydrogens (tertiary/aromatic N) is 3. The Balaban J connectivity index is 1.97. The van der Waals surface area contributed by atoms with Crippen molar-refractivity contribution in [2.24, 2.45) is 0 Å². The van der Waals surface area contributed by atoms with E-state index in [1.807, 2.05) is 0 Å². The lowest BCUT2D eigenvalue weighted by atomic mass is 10.2. The minimum absolute atomic E-state index is 0.179. The van der Waals surface area contributed by atoms with Crippen LogP contribution in [0.15, 0.2) is 30.7 Å². The van der Waals surface area contributed by atoms with Crippen LogP contribution >= 0.6 is 0 Å². The molecule has 0 bridgehead atoms. The molecule has 0 aliphatic carbocycles. The van der Waals surface area contributed by atoms with Crippen LogP contribution < -0.4 is 15.0 Å². The third-order valence-corrected chi connectivity index (χ3v) is 3.03.